The Hall–Kier alpha value is -1.24. The Bertz CT molecular complexity index is 455. The lowest BCUT2D eigenvalue weighted by Gasteiger charge is -2.28. The highest BCUT2D eigenvalue weighted by atomic mass is 19.3. The van der Waals surface area contributed by atoms with E-state index in [0.717, 1.165) is 5.56 Å². The van der Waals surface area contributed by atoms with Crippen LogP contribution in [0.25, 0.3) is 0 Å². The van der Waals surface area contributed by atoms with Gasteiger partial charge in [0, 0.05) is 25.6 Å². The van der Waals surface area contributed by atoms with E-state index in [-0.39, 0.29) is 17.9 Å². The van der Waals surface area contributed by atoms with Crippen LogP contribution in [-0.2, 0) is 4.74 Å². The molecule has 0 aliphatic carbocycles. The number of halogens is 2. The fourth-order valence-corrected chi connectivity index (χ4v) is 2.39. The van der Waals surface area contributed by atoms with Gasteiger partial charge in [0.15, 0.2) is 0 Å². The van der Waals surface area contributed by atoms with Gasteiger partial charge in [-0.2, -0.15) is 8.78 Å². The van der Waals surface area contributed by atoms with Crippen LogP contribution in [-0.4, -0.2) is 36.6 Å². The molecule has 3 unspecified atom stereocenters. The van der Waals surface area contributed by atoms with Crippen LogP contribution in [0.2, 0.25) is 0 Å². The van der Waals surface area contributed by atoms with Crippen molar-refractivity contribution in [3.8, 4) is 5.75 Å². The number of rotatable bonds is 6. The average Bonchev–Trinajstić information content (AvgIpc) is 2.77. The summed E-state index contributed by atoms with van der Waals surface area (Å²) in [6.45, 7) is 1.98. The summed E-state index contributed by atoms with van der Waals surface area (Å²) in [6, 6.07) is 6.47. The predicted octanol–water partition coefficient (Wildman–Crippen LogP) is 2.48. The molecule has 3 atom stereocenters. The van der Waals surface area contributed by atoms with E-state index in [4.69, 9.17) is 4.74 Å². The Kier molecular flexibility index (Phi) is 5.13. The first-order valence-corrected chi connectivity index (χ1v) is 7.03. The molecule has 1 aliphatic rings. The number of hydrogen-bond donors (Lipinski definition) is 2. The van der Waals surface area contributed by atoms with Crippen molar-refractivity contribution >= 4 is 0 Å². The Labute approximate surface area is 123 Å². The van der Waals surface area contributed by atoms with Crippen molar-refractivity contribution in [1.82, 2.24) is 5.32 Å². The van der Waals surface area contributed by atoms with Gasteiger partial charge in [0.25, 0.3) is 0 Å². The first-order valence-electron chi connectivity index (χ1n) is 7.03. The lowest BCUT2D eigenvalue weighted by Crippen LogP contribution is -2.46. The SMILES string of the molecule is CC(NCC1(O)CCOC1C)c1ccc(OC(F)F)cc1. The van der Waals surface area contributed by atoms with E-state index < -0.39 is 12.2 Å². The summed E-state index contributed by atoms with van der Waals surface area (Å²) in [5.41, 5.74) is 0.0827. The number of ether oxygens (including phenoxy) is 2. The Morgan fingerprint density at radius 2 is 2.10 bits per heavy atom. The summed E-state index contributed by atoms with van der Waals surface area (Å²) in [7, 11) is 0. The lowest BCUT2D eigenvalue weighted by atomic mass is 9.96. The van der Waals surface area contributed by atoms with Crippen molar-refractivity contribution in [3.05, 3.63) is 29.8 Å². The Morgan fingerprint density at radius 1 is 1.43 bits per heavy atom. The normalized spacial score (nSPS) is 27.0. The third-order valence-electron chi connectivity index (χ3n) is 3.98. The van der Waals surface area contributed by atoms with Gasteiger partial charge < -0.3 is 19.9 Å². The van der Waals surface area contributed by atoms with Crippen molar-refractivity contribution < 1.29 is 23.4 Å². The van der Waals surface area contributed by atoms with Crippen LogP contribution in [0.4, 0.5) is 8.78 Å². The largest absolute Gasteiger partial charge is 0.435 e. The fourth-order valence-electron chi connectivity index (χ4n) is 2.39. The van der Waals surface area contributed by atoms with Gasteiger partial charge in [-0.3, -0.25) is 0 Å². The topological polar surface area (TPSA) is 50.7 Å². The van der Waals surface area contributed by atoms with E-state index in [1.165, 1.54) is 12.1 Å². The van der Waals surface area contributed by atoms with Gasteiger partial charge in [0.05, 0.1) is 6.10 Å². The number of aliphatic hydroxyl groups is 1. The third-order valence-corrected chi connectivity index (χ3v) is 3.98. The van der Waals surface area contributed by atoms with Crippen molar-refractivity contribution in [2.75, 3.05) is 13.2 Å². The molecule has 0 radical (unpaired) electrons. The van der Waals surface area contributed by atoms with Crippen LogP contribution in [0.15, 0.2) is 24.3 Å². The number of nitrogens with one attached hydrogen (secondary N) is 1. The van der Waals surface area contributed by atoms with E-state index >= 15 is 0 Å². The zero-order valence-corrected chi connectivity index (χ0v) is 12.2. The molecule has 6 heteroatoms. The van der Waals surface area contributed by atoms with Crippen LogP contribution >= 0.6 is 0 Å². The lowest BCUT2D eigenvalue weighted by molar-refractivity contribution is -0.0498. The zero-order valence-electron chi connectivity index (χ0n) is 12.2. The van der Waals surface area contributed by atoms with Gasteiger partial charge in [0.2, 0.25) is 0 Å². The molecule has 1 aliphatic heterocycles. The minimum atomic E-state index is -2.82. The van der Waals surface area contributed by atoms with Gasteiger partial charge in [0.1, 0.15) is 11.4 Å². The van der Waals surface area contributed by atoms with Crippen molar-refractivity contribution in [2.24, 2.45) is 0 Å². The van der Waals surface area contributed by atoms with Gasteiger partial charge in [-0.05, 0) is 31.5 Å². The molecule has 1 heterocycles. The first kappa shape index (κ1) is 16.1. The average molecular weight is 301 g/mol. The van der Waals surface area contributed by atoms with Crippen LogP contribution in [0.3, 0.4) is 0 Å². The summed E-state index contributed by atoms with van der Waals surface area (Å²) in [5, 5.41) is 13.7. The molecule has 1 saturated heterocycles. The molecule has 4 nitrogen and oxygen atoms in total. The van der Waals surface area contributed by atoms with Gasteiger partial charge in [-0.25, -0.2) is 0 Å². The molecule has 0 aromatic heterocycles. The number of hydrogen-bond acceptors (Lipinski definition) is 4. The highest BCUT2D eigenvalue weighted by Crippen LogP contribution is 2.26. The van der Waals surface area contributed by atoms with Crippen molar-refractivity contribution in [3.63, 3.8) is 0 Å². The molecule has 2 rings (SSSR count). The summed E-state index contributed by atoms with van der Waals surface area (Å²) in [4.78, 5) is 0. The van der Waals surface area contributed by atoms with E-state index in [2.05, 4.69) is 10.1 Å². The van der Waals surface area contributed by atoms with Crippen LogP contribution in [0, 0.1) is 0 Å². The maximum Gasteiger partial charge on any atom is 0.387 e. The predicted molar refractivity (Wildman–Crippen MR) is 74.5 cm³/mol. The monoisotopic (exact) mass is 301 g/mol. The minimum Gasteiger partial charge on any atom is -0.435 e. The number of benzene rings is 1. The Balaban J connectivity index is 1.89. The van der Waals surface area contributed by atoms with Gasteiger partial charge in [-0.15, -0.1) is 0 Å². The van der Waals surface area contributed by atoms with Crippen molar-refractivity contribution in [1.29, 1.82) is 0 Å². The van der Waals surface area contributed by atoms with Gasteiger partial charge >= 0.3 is 6.61 Å². The summed E-state index contributed by atoms with van der Waals surface area (Å²) < 4.78 is 33.8. The molecule has 118 valence electrons. The van der Waals surface area contributed by atoms with Crippen LogP contribution in [0.5, 0.6) is 5.75 Å². The van der Waals surface area contributed by atoms with E-state index in [1.54, 1.807) is 12.1 Å². The second-order valence-electron chi connectivity index (χ2n) is 5.42. The summed E-state index contributed by atoms with van der Waals surface area (Å²) >= 11 is 0. The van der Waals surface area contributed by atoms with E-state index in [0.29, 0.717) is 19.6 Å². The summed E-state index contributed by atoms with van der Waals surface area (Å²) in [5.74, 6) is 0.136. The Morgan fingerprint density at radius 3 is 2.62 bits per heavy atom. The molecular weight excluding hydrogens is 280 g/mol. The number of alkyl halides is 2. The maximum atomic E-state index is 12.1. The molecule has 0 amide bonds. The van der Waals surface area contributed by atoms with Crippen molar-refractivity contribution in [2.45, 2.75) is 44.6 Å². The molecule has 0 bridgehead atoms. The molecular formula is C15H21F2NO3. The van der Waals surface area contributed by atoms with E-state index in [1.807, 2.05) is 13.8 Å². The first-order chi connectivity index (χ1) is 9.90. The highest BCUT2D eigenvalue weighted by molar-refractivity contribution is 5.29. The molecule has 2 N–H and O–H groups in total. The zero-order chi connectivity index (χ0) is 15.5. The molecule has 1 aromatic carbocycles. The van der Waals surface area contributed by atoms with Crippen LogP contribution in [0.1, 0.15) is 31.9 Å². The standard InChI is InChI=1S/C15H21F2NO3/c1-10(18-9-15(19)7-8-20-11(15)2)12-3-5-13(6-4-12)21-14(16)17/h3-6,10-11,14,18-19H,7-9H2,1-2H3. The maximum absolute atomic E-state index is 12.1. The molecule has 21 heavy (non-hydrogen) atoms. The van der Waals surface area contributed by atoms with Gasteiger partial charge in [-0.1, -0.05) is 12.1 Å². The molecule has 0 spiro atoms. The second kappa shape index (κ2) is 6.68. The fraction of sp³-hybridized carbons (Fsp3) is 0.600. The van der Waals surface area contributed by atoms with Crippen LogP contribution < -0.4 is 10.1 Å². The minimum absolute atomic E-state index is 0.0116. The molecule has 0 saturated carbocycles. The smallest absolute Gasteiger partial charge is 0.387 e. The molecule has 1 aromatic rings. The molecule has 1 fully saturated rings. The second-order valence-corrected chi connectivity index (χ2v) is 5.42. The highest BCUT2D eigenvalue weighted by Gasteiger charge is 2.39. The quantitative estimate of drug-likeness (QED) is 0.847. The summed E-state index contributed by atoms with van der Waals surface area (Å²) in [6.07, 6.45) is 0.411. The van der Waals surface area contributed by atoms with E-state index in [9.17, 15) is 13.9 Å². The third kappa shape index (κ3) is 4.12.